The molecule has 1 saturated heterocycles. The van der Waals surface area contributed by atoms with Crippen LogP contribution in [0.1, 0.15) is 18.4 Å². The lowest BCUT2D eigenvalue weighted by atomic mass is 10.0. The van der Waals surface area contributed by atoms with E-state index in [0.29, 0.717) is 22.5 Å². The van der Waals surface area contributed by atoms with Crippen LogP contribution in [0.15, 0.2) is 18.2 Å². The second-order valence-corrected chi connectivity index (χ2v) is 5.68. The monoisotopic (exact) mass is 300 g/mol. The number of nitrogens with one attached hydrogen (secondary N) is 1. The van der Waals surface area contributed by atoms with Gasteiger partial charge in [-0.2, -0.15) is 0 Å². The first kappa shape index (κ1) is 14.6. The molecule has 1 aromatic rings. The Morgan fingerprint density at radius 3 is 2.58 bits per heavy atom. The first-order valence-corrected chi connectivity index (χ1v) is 7.24. The van der Waals surface area contributed by atoms with Gasteiger partial charge in [0.2, 0.25) is 5.91 Å². The number of likely N-dealkylation sites (tertiary alicyclic amines) is 1. The molecule has 0 aliphatic carbocycles. The Morgan fingerprint density at radius 2 is 2.00 bits per heavy atom. The number of piperidine rings is 1. The summed E-state index contributed by atoms with van der Waals surface area (Å²) in [5.41, 5.74) is 0.912. The number of carbonyl (C=O) groups is 1. The lowest BCUT2D eigenvalue weighted by molar-refractivity contribution is -0.131. The zero-order valence-corrected chi connectivity index (χ0v) is 12.5. The van der Waals surface area contributed by atoms with Crippen LogP contribution in [0.25, 0.3) is 0 Å². The number of benzene rings is 1. The summed E-state index contributed by atoms with van der Waals surface area (Å²) < 4.78 is 0. The number of carbonyl (C=O) groups excluding carboxylic acids is 1. The largest absolute Gasteiger partial charge is 0.342 e. The van der Waals surface area contributed by atoms with E-state index in [9.17, 15) is 4.79 Å². The van der Waals surface area contributed by atoms with E-state index in [2.05, 4.69) is 5.32 Å². The normalized spacial score (nSPS) is 16.7. The van der Waals surface area contributed by atoms with Crippen molar-refractivity contribution in [2.45, 2.75) is 25.3 Å². The summed E-state index contributed by atoms with van der Waals surface area (Å²) in [5.74, 6) is 0.160. The predicted octanol–water partition coefficient (Wildman–Crippen LogP) is 2.75. The van der Waals surface area contributed by atoms with Crippen LogP contribution in [0.2, 0.25) is 10.0 Å². The highest BCUT2D eigenvalue weighted by Crippen LogP contribution is 2.23. The van der Waals surface area contributed by atoms with Crippen LogP contribution in [0.4, 0.5) is 0 Å². The van der Waals surface area contributed by atoms with E-state index < -0.39 is 0 Å². The number of nitrogens with zero attached hydrogens (tertiary/aromatic N) is 1. The fraction of sp³-hybridized carbons (Fsp3) is 0.500. The Labute approximate surface area is 123 Å². The maximum Gasteiger partial charge on any atom is 0.226 e. The van der Waals surface area contributed by atoms with E-state index in [1.165, 1.54) is 0 Å². The van der Waals surface area contributed by atoms with Crippen molar-refractivity contribution >= 4 is 29.1 Å². The van der Waals surface area contributed by atoms with Gasteiger partial charge in [0.05, 0.1) is 16.5 Å². The summed E-state index contributed by atoms with van der Waals surface area (Å²) in [6, 6.07) is 5.89. The number of halogens is 2. The molecule has 2 rings (SSSR count). The average Bonchev–Trinajstić information content (AvgIpc) is 2.43. The molecule has 5 heteroatoms. The first-order chi connectivity index (χ1) is 9.10. The maximum absolute atomic E-state index is 12.2. The van der Waals surface area contributed by atoms with Gasteiger partial charge in [-0.15, -0.1) is 0 Å². The molecule has 0 radical (unpaired) electrons. The van der Waals surface area contributed by atoms with Crippen LogP contribution >= 0.6 is 23.2 Å². The van der Waals surface area contributed by atoms with Gasteiger partial charge in [0.25, 0.3) is 0 Å². The second kappa shape index (κ2) is 6.60. The summed E-state index contributed by atoms with van der Waals surface area (Å²) >= 11 is 11.8. The third-order valence-corrected chi connectivity index (χ3v) is 4.33. The molecule has 104 valence electrons. The minimum atomic E-state index is 0.160. The van der Waals surface area contributed by atoms with E-state index in [1.807, 2.05) is 18.0 Å². The molecule has 1 fully saturated rings. The van der Waals surface area contributed by atoms with Crippen LogP contribution in [-0.2, 0) is 11.2 Å². The van der Waals surface area contributed by atoms with Crippen molar-refractivity contribution in [2.24, 2.45) is 0 Å². The highest BCUT2D eigenvalue weighted by molar-refractivity contribution is 6.42. The highest BCUT2D eigenvalue weighted by Gasteiger charge is 2.21. The number of amides is 1. The number of rotatable bonds is 3. The summed E-state index contributed by atoms with van der Waals surface area (Å²) in [7, 11) is 1.97. The van der Waals surface area contributed by atoms with Crippen molar-refractivity contribution in [1.29, 1.82) is 0 Å². The quantitative estimate of drug-likeness (QED) is 0.931. The lowest BCUT2D eigenvalue weighted by Crippen LogP contribution is -2.44. The van der Waals surface area contributed by atoms with Crippen molar-refractivity contribution in [3.63, 3.8) is 0 Å². The Hall–Kier alpha value is -0.770. The van der Waals surface area contributed by atoms with Crippen LogP contribution in [0.3, 0.4) is 0 Å². The van der Waals surface area contributed by atoms with Crippen LogP contribution in [0, 0.1) is 0 Å². The predicted molar refractivity (Wildman–Crippen MR) is 78.8 cm³/mol. The van der Waals surface area contributed by atoms with Gasteiger partial charge < -0.3 is 10.2 Å². The highest BCUT2D eigenvalue weighted by atomic mass is 35.5. The fourth-order valence-corrected chi connectivity index (χ4v) is 2.67. The van der Waals surface area contributed by atoms with Gasteiger partial charge in [0.15, 0.2) is 0 Å². The molecule has 0 atom stereocenters. The molecule has 1 heterocycles. The SMILES string of the molecule is CNC1CCN(C(=O)Cc2ccc(Cl)c(Cl)c2)CC1. The van der Waals surface area contributed by atoms with Crippen molar-refractivity contribution in [2.75, 3.05) is 20.1 Å². The molecular formula is C14H18Cl2N2O. The number of hydrogen-bond donors (Lipinski definition) is 1. The molecule has 0 spiro atoms. The Kier molecular flexibility index (Phi) is 5.08. The molecule has 1 N–H and O–H groups in total. The van der Waals surface area contributed by atoms with Crippen molar-refractivity contribution in [1.82, 2.24) is 10.2 Å². The summed E-state index contributed by atoms with van der Waals surface area (Å²) in [6.07, 6.45) is 2.42. The molecule has 1 amide bonds. The molecular weight excluding hydrogens is 283 g/mol. The smallest absolute Gasteiger partial charge is 0.226 e. The second-order valence-electron chi connectivity index (χ2n) is 4.87. The standard InChI is InChI=1S/C14H18Cl2N2O/c1-17-11-4-6-18(7-5-11)14(19)9-10-2-3-12(15)13(16)8-10/h2-3,8,11,17H,4-7,9H2,1H3. The van der Waals surface area contributed by atoms with Crippen LogP contribution in [-0.4, -0.2) is 37.0 Å². The topological polar surface area (TPSA) is 32.3 Å². The van der Waals surface area contributed by atoms with Crippen LogP contribution in [0.5, 0.6) is 0 Å². The third-order valence-electron chi connectivity index (χ3n) is 3.60. The lowest BCUT2D eigenvalue weighted by Gasteiger charge is -2.31. The molecule has 1 aliphatic rings. The van der Waals surface area contributed by atoms with Gasteiger partial charge >= 0.3 is 0 Å². The Balaban J connectivity index is 1.92. The molecule has 0 aromatic heterocycles. The van der Waals surface area contributed by atoms with Crippen molar-refractivity contribution < 1.29 is 4.79 Å². The zero-order chi connectivity index (χ0) is 13.8. The maximum atomic E-state index is 12.2. The molecule has 1 aromatic carbocycles. The fourth-order valence-electron chi connectivity index (χ4n) is 2.35. The van der Waals surface area contributed by atoms with Gasteiger partial charge in [-0.25, -0.2) is 0 Å². The van der Waals surface area contributed by atoms with E-state index in [-0.39, 0.29) is 5.91 Å². The molecule has 19 heavy (non-hydrogen) atoms. The van der Waals surface area contributed by atoms with E-state index in [0.717, 1.165) is 31.5 Å². The van der Waals surface area contributed by atoms with Crippen molar-refractivity contribution in [3.05, 3.63) is 33.8 Å². The third kappa shape index (κ3) is 3.85. The van der Waals surface area contributed by atoms with E-state index >= 15 is 0 Å². The van der Waals surface area contributed by atoms with Gasteiger partial charge in [0.1, 0.15) is 0 Å². The summed E-state index contributed by atoms with van der Waals surface area (Å²) in [4.78, 5) is 14.1. The summed E-state index contributed by atoms with van der Waals surface area (Å²) in [5, 5.41) is 4.28. The molecule has 1 aliphatic heterocycles. The van der Waals surface area contributed by atoms with Crippen LogP contribution < -0.4 is 5.32 Å². The Morgan fingerprint density at radius 1 is 1.32 bits per heavy atom. The first-order valence-electron chi connectivity index (χ1n) is 6.49. The number of hydrogen-bond acceptors (Lipinski definition) is 2. The van der Waals surface area contributed by atoms with Gasteiger partial charge in [-0.05, 0) is 37.6 Å². The average molecular weight is 301 g/mol. The summed E-state index contributed by atoms with van der Waals surface area (Å²) in [6.45, 7) is 1.65. The van der Waals surface area contributed by atoms with E-state index in [1.54, 1.807) is 12.1 Å². The van der Waals surface area contributed by atoms with Crippen molar-refractivity contribution in [3.8, 4) is 0 Å². The Bertz CT molecular complexity index is 457. The minimum Gasteiger partial charge on any atom is -0.342 e. The van der Waals surface area contributed by atoms with Gasteiger partial charge in [0, 0.05) is 19.1 Å². The van der Waals surface area contributed by atoms with Gasteiger partial charge in [-0.1, -0.05) is 29.3 Å². The molecule has 0 unspecified atom stereocenters. The van der Waals surface area contributed by atoms with Gasteiger partial charge in [-0.3, -0.25) is 4.79 Å². The van der Waals surface area contributed by atoms with E-state index in [4.69, 9.17) is 23.2 Å². The zero-order valence-electron chi connectivity index (χ0n) is 11.0. The minimum absolute atomic E-state index is 0.160. The molecule has 3 nitrogen and oxygen atoms in total. The molecule has 0 bridgehead atoms. The molecule has 0 saturated carbocycles.